The zero-order valence-corrected chi connectivity index (χ0v) is 29.7. The van der Waals surface area contributed by atoms with Gasteiger partial charge in [-0.05, 0) is 93.2 Å². The molecular weight excluding hydrogens is 653 g/mol. The second kappa shape index (κ2) is 13.4. The van der Waals surface area contributed by atoms with E-state index in [2.05, 4.69) is 228 Å². The summed E-state index contributed by atoms with van der Waals surface area (Å²) in [6, 6.07) is 78.7. The van der Waals surface area contributed by atoms with Gasteiger partial charge in [-0.25, -0.2) is 0 Å². The summed E-state index contributed by atoms with van der Waals surface area (Å²) in [6.07, 6.45) is 0. The van der Waals surface area contributed by atoms with Crippen molar-refractivity contribution in [3.63, 3.8) is 0 Å². The highest BCUT2D eigenvalue weighted by Gasteiger charge is 2.18. The first kappa shape index (κ1) is 31.6. The molecule has 0 aliphatic heterocycles. The molecule has 0 radical (unpaired) electrons. The molecule has 0 bridgehead atoms. The minimum absolute atomic E-state index is 1.10. The van der Waals surface area contributed by atoms with E-state index >= 15 is 0 Å². The van der Waals surface area contributed by atoms with Gasteiger partial charge in [0, 0.05) is 33.4 Å². The first-order valence-electron chi connectivity index (χ1n) is 18.5. The summed E-state index contributed by atoms with van der Waals surface area (Å²) in [5.41, 5.74) is 14.1. The van der Waals surface area contributed by atoms with Crippen LogP contribution in [0.25, 0.3) is 71.6 Å². The van der Waals surface area contributed by atoms with Crippen molar-refractivity contribution >= 4 is 49.6 Å². The summed E-state index contributed by atoms with van der Waals surface area (Å²) < 4.78 is 2.44. The third-order valence-corrected chi connectivity index (χ3v) is 10.6. The van der Waals surface area contributed by atoms with E-state index in [-0.39, 0.29) is 0 Å². The number of anilines is 3. The highest BCUT2D eigenvalue weighted by Crippen LogP contribution is 2.41. The van der Waals surface area contributed by atoms with Crippen LogP contribution in [0.5, 0.6) is 0 Å². The fourth-order valence-corrected chi connectivity index (χ4v) is 8.01. The third kappa shape index (κ3) is 5.53. The maximum Gasteiger partial charge on any atom is 0.0547 e. The van der Waals surface area contributed by atoms with E-state index in [0.717, 1.165) is 17.1 Å². The third-order valence-electron chi connectivity index (χ3n) is 10.6. The normalized spacial score (nSPS) is 11.3. The van der Waals surface area contributed by atoms with Gasteiger partial charge in [-0.3, -0.25) is 0 Å². The molecular formula is C52H36N2. The Balaban J connectivity index is 1.02. The Morgan fingerprint density at radius 3 is 1.46 bits per heavy atom. The Morgan fingerprint density at radius 2 is 0.778 bits per heavy atom. The maximum atomic E-state index is 2.44. The molecule has 0 amide bonds. The van der Waals surface area contributed by atoms with Gasteiger partial charge in [0.05, 0.1) is 16.7 Å². The van der Waals surface area contributed by atoms with Crippen LogP contribution in [0.4, 0.5) is 17.1 Å². The predicted molar refractivity (Wildman–Crippen MR) is 229 cm³/mol. The molecule has 0 aliphatic rings. The van der Waals surface area contributed by atoms with Crippen LogP contribution in [0.15, 0.2) is 218 Å². The largest absolute Gasteiger partial charge is 0.311 e. The monoisotopic (exact) mass is 688 g/mol. The molecule has 0 saturated heterocycles. The van der Waals surface area contributed by atoms with Crippen molar-refractivity contribution in [3.05, 3.63) is 218 Å². The molecule has 1 heterocycles. The molecule has 10 aromatic rings. The Bertz CT molecular complexity index is 2890. The van der Waals surface area contributed by atoms with Crippen molar-refractivity contribution in [2.24, 2.45) is 0 Å². The molecule has 9 aromatic carbocycles. The molecule has 254 valence electrons. The predicted octanol–water partition coefficient (Wildman–Crippen LogP) is 14.4. The van der Waals surface area contributed by atoms with Gasteiger partial charge >= 0.3 is 0 Å². The number of aromatic nitrogens is 1. The minimum Gasteiger partial charge on any atom is -0.311 e. The van der Waals surface area contributed by atoms with Crippen molar-refractivity contribution < 1.29 is 0 Å². The molecule has 0 atom stereocenters. The highest BCUT2D eigenvalue weighted by atomic mass is 15.1. The van der Waals surface area contributed by atoms with E-state index in [0.29, 0.717) is 0 Å². The van der Waals surface area contributed by atoms with E-state index in [4.69, 9.17) is 0 Å². The summed E-state index contributed by atoms with van der Waals surface area (Å²) in [7, 11) is 0. The van der Waals surface area contributed by atoms with Crippen LogP contribution in [-0.4, -0.2) is 4.57 Å². The minimum atomic E-state index is 1.10. The summed E-state index contributed by atoms with van der Waals surface area (Å²) in [6.45, 7) is 0. The van der Waals surface area contributed by atoms with E-state index in [9.17, 15) is 0 Å². The van der Waals surface area contributed by atoms with Crippen LogP contribution >= 0.6 is 0 Å². The molecule has 0 spiro atoms. The average molecular weight is 689 g/mol. The quantitative estimate of drug-likeness (QED) is 0.162. The van der Waals surface area contributed by atoms with Crippen molar-refractivity contribution in [2.45, 2.75) is 0 Å². The fraction of sp³-hybridized carbons (Fsp3) is 0. The van der Waals surface area contributed by atoms with Gasteiger partial charge in [0.15, 0.2) is 0 Å². The lowest BCUT2D eigenvalue weighted by Crippen LogP contribution is -2.09. The molecule has 2 heteroatoms. The molecule has 0 aliphatic carbocycles. The summed E-state index contributed by atoms with van der Waals surface area (Å²) in [5, 5.41) is 5.10. The molecule has 2 nitrogen and oxygen atoms in total. The number of fused-ring (bicyclic) bond motifs is 5. The molecule has 10 rings (SSSR count). The molecule has 0 saturated carbocycles. The van der Waals surface area contributed by atoms with Gasteiger partial charge in [0.1, 0.15) is 0 Å². The van der Waals surface area contributed by atoms with E-state index in [1.807, 2.05) is 0 Å². The molecule has 0 fully saturated rings. The summed E-state index contributed by atoms with van der Waals surface area (Å²) in [4.78, 5) is 2.33. The maximum absolute atomic E-state index is 2.44. The second-order valence-electron chi connectivity index (χ2n) is 13.8. The SMILES string of the molecule is c1ccc(-c2ccc(-c3ccc(N(c4ccccc4)c4ccc(-c5ccccc5-n5c6ccccc6c6c7ccccc7ccc65)cc4)cc3)cc2)cc1. The summed E-state index contributed by atoms with van der Waals surface area (Å²) in [5.74, 6) is 0. The smallest absolute Gasteiger partial charge is 0.0547 e. The molecule has 0 unspecified atom stereocenters. The van der Waals surface area contributed by atoms with Crippen molar-refractivity contribution in [3.8, 4) is 39.1 Å². The van der Waals surface area contributed by atoms with Crippen LogP contribution < -0.4 is 4.90 Å². The lowest BCUT2D eigenvalue weighted by molar-refractivity contribution is 1.18. The zero-order valence-electron chi connectivity index (χ0n) is 29.7. The Morgan fingerprint density at radius 1 is 0.296 bits per heavy atom. The van der Waals surface area contributed by atoms with E-state index in [1.54, 1.807) is 0 Å². The fourth-order valence-electron chi connectivity index (χ4n) is 8.01. The van der Waals surface area contributed by atoms with Gasteiger partial charge in [0.25, 0.3) is 0 Å². The molecule has 54 heavy (non-hydrogen) atoms. The van der Waals surface area contributed by atoms with Crippen molar-refractivity contribution in [1.82, 2.24) is 4.57 Å². The van der Waals surface area contributed by atoms with Crippen molar-refractivity contribution in [1.29, 1.82) is 0 Å². The molecule has 0 N–H and O–H groups in total. The number of rotatable bonds is 7. The van der Waals surface area contributed by atoms with Crippen LogP contribution in [-0.2, 0) is 0 Å². The van der Waals surface area contributed by atoms with Gasteiger partial charge in [-0.2, -0.15) is 0 Å². The number of benzene rings is 9. The lowest BCUT2D eigenvalue weighted by atomic mass is 10.00. The van der Waals surface area contributed by atoms with Gasteiger partial charge in [0.2, 0.25) is 0 Å². The number of hydrogen-bond acceptors (Lipinski definition) is 1. The lowest BCUT2D eigenvalue weighted by Gasteiger charge is -2.26. The standard InChI is InChI=1S/C52H36N2/c1-3-13-37(14-4-1)38-23-25-39(26-24-38)40-27-32-44(33-28-40)53(43-16-5-2-6-17-43)45-34-29-42(30-35-45)46-18-9-11-21-49(46)54-50-22-12-10-20-48(50)52-47-19-8-7-15-41(47)31-36-51(52)54/h1-36H. The van der Waals surface area contributed by atoms with Gasteiger partial charge in [-0.15, -0.1) is 0 Å². The van der Waals surface area contributed by atoms with Crippen molar-refractivity contribution in [2.75, 3.05) is 4.90 Å². The highest BCUT2D eigenvalue weighted by molar-refractivity contribution is 6.21. The van der Waals surface area contributed by atoms with Crippen LogP contribution in [0, 0.1) is 0 Å². The first-order chi connectivity index (χ1) is 26.8. The van der Waals surface area contributed by atoms with Crippen LogP contribution in [0.1, 0.15) is 0 Å². The zero-order chi connectivity index (χ0) is 35.8. The molecule has 1 aromatic heterocycles. The van der Waals surface area contributed by atoms with Gasteiger partial charge in [-0.1, -0.05) is 164 Å². The average Bonchev–Trinajstić information content (AvgIpc) is 3.60. The Kier molecular flexibility index (Phi) is 7.85. The number of nitrogens with zero attached hydrogens (tertiary/aromatic N) is 2. The topological polar surface area (TPSA) is 8.17 Å². The first-order valence-corrected chi connectivity index (χ1v) is 18.5. The Labute approximate surface area is 315 Å². The number of hydrogen-bond donors (Lipinski definition) is 0. The van der Waals surface area contributed by atoms with E-state index in [1.165, 1.54) is 71.6 Å². The second-order valence-corrected chi connectivity index (χ2v) is 13.8. The van der Waals surface area contributed by atoms with Crippen LogP contribution in [0.2, 0.25) is 0 Å². The number of para-hydroxylation sites is 3. The van der Waals surface area contributed by atoms with Gasteiger partial charge < -0.3 is 9.47 Å². The Hall–Kier alpha value is -7.16. The van der Waals surface area contributed by atoms with E-state index < -0.39 is 0 Å². The van der Waals surface area contributed by atoms with Crippen LogP contribution in [0.3, 0.4) is 0 Å². The summed E-state index contributed by atoms with van der Waals surface area (Å²) >= 11 is 0.